The molecule has 1 N–H and O–H groups in total. The average Bonchev–Trinajstić information content (AvgIpc) is 2.63. The number of amides is 1. The number of hydrogen-bond donors (Lipinski definition) is 1. The number of hydrogen-bond acceptors (Lipinski definition) is 3. The van der Waals surface area contributed by atoms with Crippen molar-refractivity contribution in [3.05, 3.63) is 15.6 Å². The third-order valence-electron chi connectivity index (χ3n) is 2.07. The molecule has 1 aromatic rings. The molecule has 1 amide bonds. The molecule has 0 unspecified atom stereocenters. The maximum absolute atomic E-state index is 11.6. The van der Waals surface area contributed by atoms with Crippen LogP contribution in [0.25, 0.3) is 0 Å². The molecule has 0 spiro atoms. The van der Waals surface area contributed by atoms with Crippen molar-refractivity contribution in [2.24, 2.45) is 0 Å². The summed E-state index contributed by atoms with van der Waals surface area (Å²) in [6.07, 6.45) is 0.832. The quantitative estimate of drug-likeness (QED) is 0.771. The van der Waals surface area contributed by atoms with Crippen molar-refractivity contribution < 1.29 is 4.79 Å². The van der Waals surface area contributed by atoms with Gasteiger partial charge in [-0.25, -0.2) is 4.98 Å². The Hall–Kier alpha value is -0.900. The summed E-state index contributed by atoms with van der Waals surface area (Å²) in [4.78, 5) is 16.7. The number of nitrogens with one attached hydrogen (secondary N) is 1. The lowest BCUT2D eigenvalue weighted by molar-refractivity contribution is 0.0901. The van der Waals surface area contributed by atoms with Gasteiger partial charge in [0.1, 0.15) is 4.88 Å². The van der Waals surface area contributed by atoms with Gasteiger partial charge in [-0.15, -0.1) is 11.3 Å². The predicted octanol–water partition coefficient (Wildman–Crippen LogP) is 3.57. The monoisotopic (exact) mass is 256 g/mol. The SMILES string of the molecule is CC.CC.Cc1nc2c(s1)C(=O)NC(C)(C)C2. The molecule has 4 heteroatoms. The van der Waals surface area contributed by atoms with Crippen LogP contribution in [0.1, 0.15) is 61.9 Å². The Morgan fingerprint density at radius 2 is 1.76 bits per heavy atom. The average molecular weight is 256 g/mol. The summed E-state index contributed by atoms with van der Waals surface area (Å²) < 4.78 is 0. The molecule has 0 saturated heterocycles. The summed E-state index contributed by atoms with van der Waals surface area (Å²) >= 11 is 1.48. The molecule has 0 fully saturated rings. The Bertz CT molecular complexity index is 369. The first-order valence-electron chi connectivity index (χ1n) is 6.27. The minimum atomic E-state index is -0.148. The Balaban J connectivity index is 0.000000581. The lowest BCUT2D eigenvalue weighted by atomic mass is 9.94. The van der Waals surface area contributed by atoms with E-state index in [4.69, 9.17) is 0 Å². The summed E-state index contributed by atoms with van der Waals surface area (Å²) in [5.41, 5.74) is 0.807. The highest BCUT2D eigenvalue weighted by atomic mass is 32.1. The topological polar surface area (TPSA) is 42.0 Å². The molecule has 3 nitrogen and oxygen atoms in total. The zero-order valence-electron chi connectivity index (χ0n) is 12.0. The molecule has 1 aliphatic rings. The zero-order chi connectivity index (χ0) is 13.6. The molecule has 0 radical (unpaired) electrons. The number of aromatic nitrogens is 1. The van der Waals surface area contributed by atoms with Crippen LogP contribution in [0.4, 0.5) is 0 Å². The van der Waals surface area contributed by atoms with E-state index in [9.17, 15) is 4.79 Å². The standard InChI is InChI=1S/C9H12N2OS.2C2H6/c1-5-10-6-4-9(2,3)11-8(12)7(6)13-5;2*1-2/h4H2,1-3H3,(H,11,12);2*1-2H3. The smallest absolute Gasteiger partial charge is 0.263 e. The summed E-state index contributed by atoms with van der Waals surface area (Å²) in [6.45, 7) is 14.0. The first kappa shape index (κ1) is 16.1. The maximum atomic E-state index is 11.6. The fourth-order valence-electron chi connectivity index (χ4n) is 1.59. The second-order valence-corrected chi connectivity index (χ2v) is 5.23. The third kappa shape index (κ3) is 4.11. The Morgan fingerprint density at radius 3 is 2.29 bits per heavy atom. The molecule has 0 saturated carbocycles. The van der Waals surface area contributed by atoms with Gasteiger partial charge in [0.2, 0.25) is 0 Å². The van der Waals surface area contributed by atoms with Gasteiger partial charge in [-0.2, -0.15) is 0 Å². The van der Waals surface area contributed by atoms with Gasteiger partial charge in [0.15, 0.2) is 0 Å². The number of aryl methyl sites for hydroxylation is 1. The largest absolute Gasteiger partial charge is 0.346 e. The molecule has 2 heterocycles. The molecule has 0 bridgehead atoms. The zero-order valence-corrected chi connectivity index (χ0v) is 12.8. The van der Waals surface area contributed by atoms with Gasteiger partial charge in [-0.05, 0) is 20.8 Å². The summed E-state index contributed by atoms with van der Waals surface area (Å²) in [6, 6.07) is 0. The van der Waals surface area contributed by atoms with Crippen LogP contribution in [-0.2, 0) is 6.42 Å². The van der Waals surface area contributed by atoms with Crippen LogP contribution in [0.2, 0.25) is 0 Å². The highest BCUT2D eigenvalue weighted by molar-refractivity contribution is 7.13. The fraction of sp³-hybridized carbons (Fsp3) is 0.692. The molecule has 17 heavy (non-hydrogen) atoms. The molecule has 1 aliphatic heterocycles. The Labute approximate surface area is 109 Å². The van der Waals surface area contributed by atoms with E-state index in [1.165, 1.54) is 11.3 Å². The first-order chi connectivity index (χ1) is 7.98. The number of carbonyl (C=O) groups excluding carboxylic acids is 1. The van der Waals surface area contributed by atoms with E-state index in [1.807, 2.05) is 48.5 Å². The van der Waals surface area contributed by atoms with E-state index < -0.39 is 0 Å². The van der Waals surface area contributed by atoms with Crippen LogP contribution in [-0.4, -0.2) is 16.4 Å². The number of carbonyl (C=O) groups is 1. The van der Waals surface area contributed by atoms with Gasteiger partial charge >= 0.3 is 0 Å². The van der Waals surface area contributed by atoms with Crippen molar-refractivity contribution in [1.29, 1.82) is 0 Å². The predicted molar refractivity (Wildman–Crippen MR) is 74.8 cm³/mol. The molecule has 0 aliphatic carbocycles. The van der Waals surface area contributed by atoms with E-state index in [-0.39, 0.29) is 11.4 Å². The van der Waals surface area contributed by atoms with Crippen molar-refractivity contribution in [2.75, 3.05) is 0 Å². The highest BCUT2D eigenvalue weighted by Gasteiger charge is 2.32. The summed E-state index contributed by atoms with van der Waals surface area (Å²) in [5.74, 6) is 0.0249. The second-order valence-electron chi connectivity index (χ2n) is 4.02. The Kier molecular flexibility index (Phi) is 6.39. The second kappa shape index (κ2) is 6.74. The molecule has 1 aromatic heterocycles. The van der Waals surface area contributed by atoms with Gasteiger partial charge in [-0.1, -0.05) is 27.7 Å². The molecule has 0 atom stereocenters. The van der Waals surface area contributed by atoms with E-state index >= 15 is 0 Å². The van der Waals surface area contributed by atoms with Crippen molar-refractivity contribution >= 4 is 17.2 Å². The van der Waals surface area contributed by atoms with E-state index in [2.05, 4.69) is 10.3 Å². The summed E-state index contributed by atoms with van der Waals surface area (Å²) in [5, 5.41) is 3.93. The van der Waals surface area contributed by atoms with Gasteiger partial charge in [0, 0.05) is 12.0 Å². The van der Waals surface area contributed by atoms with Crippen molar-refractivity contribution in [2.45, 2.75) is 60.4 Å². The molecular formula is C13H24N2OS. The summed E-state index contributed by atoms with van der Waals surface area (Å²) in [7, 11) is 0. The lowest BCUT2D eigenvalue weighted by Gasteiger charge is -2.29. The third-order valence-corrected chi connectivity index (χ3v) is 3.08. The van der Waals surface area contributed by atoms with Crippen LogP contribution in [0.15, 0.2) is 0 Å². The number of thiazole rings is 1. The molecule has 2 rings (SSSR count). The maximum Gasteiger partial charge on any atom is 0.263 e. The number of nitrogens with zero attached hydrogens (tertiary/aromatic N) is 1. The van der Waals surface area contributed by atoms with E-state index in [0.29, 0.717) is 0 Å². The van der Waals surface area contributed by atoms with Crippen LogP contribution in [0.5, 0.6) is 0 Å². The van der Waals surface area contributed by atoms with Crippen molar-refractivity contribution in [3.8, 4) is 0 Å². The van der Waals surface area contributed by atoms with Crippen LogP contribution in [0, 0.1) is 6.92 Å². The number of rotatable bonds is 0. The molecule has 0 aromatic carbocycles. The van der Waals surface area contributed by atoms with E-state index in [0.717, 1.165) is 22.0 Å². The Morgan fingerprint density at radius 1 is 1.24 bits per heavy atom. The van der Waals surface area contributed by atoms with Gasteiger partial charge in [0.05, 0.1) is 10.7 Å². The van der Waals surface area contributed by atoms with Crippen LogP contribution < -0.4 is 5.32 Å². The van der Waals surface area contributed by atoms with Gasteiger partial charge < -0.3 is 5.32 Å². The molecule has 98 valence electrons. The van der Waals surface area contributed by atoms with Crippen molar-refractivity contribution in [1.82, 2.24) is 10.3 Å². The number of fused-ring (bicyclic) bond motifs is 1. The van der Waals surface area contributed by atoms with Gasteiger partial charge in [-0.3, -0.25) is 4.79 Å². The fourth-order valence-corrected chi connectivity index (χ4v) is 2.42. The van der Waals surface area contributed by atoms with Gasteiger partial charge in [0.25, 0.3) is 5.91 Å². The minimum Gasteiger partial charge on any atom is -0.346 e. The normalized spacial score (nSPS) is 15.6. The molecular weight excluding hydrogens is 232 g/mol. The highest BCUT2D eigenvalue weighted by Crippen LogP contribution is 2.26. The van der Waals surface area contributed by atoms with Crippen LogP contribution in [0.3, 0.4) is 0 Å². The van der Waals surface area contributed by atoms with Crippen LogP contribution >= 0.6 is 11.3 Å². The minimum absolute atomic E-state index is 0.0249. The first-order valence-corrected chi connectivity index (χ1v) is 7.08. The van der Waals surface area contributed by atoms with Crippen molar-refractivity contribution in [3.63, 3.8) is 0 Å². The van der Waals surface area contributed by atoms with E-state index in [1.54, 1.807) is 0 Å². The lowest BCUT2D eigenvalue weighted by Crippen LogP contribution is -2.48.